The molecule has 0 spiro atoms. The van der Waals surface area contributed by atoms with Crippen molar-refractivity contribution in [3.05, 3.63) is 58.3 Å². The van der Waals surface area contributed by atoms with Gasteiger partial charge in [0.05, 0.1) is 10.2 Å². The molecule has 2 aromatic heterocycles. The first kappa shape index (κ1) is 16.1. The summed E-state index contributed by atoms with van der Waals surface area (Å²) in [6.45, 7) is 3.96. The van der Waals surface area contributed by atoms with Crippen LogP contribution in [0.15, 0.2) is 40.8 Å². The van der Waals surface area contributed by atoms with Crippen LogP contribution in [0.25, 0.3) is 21.2 Å². The summed E-state index contributed by atoms with van der Waals surface area (Å²) in [4.78, 5) is 17.1. The summed E-state index contributed by atoms with van der Waals surface area (Å²) < 4.78 is 6.76. The van der Waals surface area contributed by atoms with Gasteiger partial charge in [-0.2, -0.15) is 0 Å². The molecule has 0 aliphatic rings. The highest BCUT2D eigenvalue weighted by Crippen LogP contribution is 2.30. The fraction of sp³-hybridized carbons (Fsp3) is 0.158. The van der Waals surface area contributed by atoms with Crippen molar-refractivity contribution in [3.63, 3.8) is 0 Å². The number of hydrogen-bond acceptors (Lipinski definition) is 4. The lowest BCUT2D eigenvalue weighted by molar-refractivity contribution is 0.0998. The van der Waals surface area contributed by atoms with Crippen molar-refractivity contribution in [1.29, 1.82) is 0 Å². The Kier molecular flexibility index (Phi) is 3.98. The monoisotopic (exact) mass is 370 g/mol. The maximum Gasteiger partial charge on any atom is 0.293 e. The predicted molar refractivity (Wildman–Crippen MR) is 103 cm³/mol. The third-order valence-electron chi connectivity index (χ3n) is 4.19. The topological polar surface area (TPSA) is 55.1 Å². The van der Waals surface area contributed by atoms with E-state index in [2.05, 4.69) is 29.4 Å². The smallest absolute Gasteiger partial charge is 0.293 e. The van der Waals surface area contributed by atoms with Crippen molar-refractivity contribution in [3.8, 4) is 0 Å². The number of nitrogens with one attached hydrogen (secondary N) is 1. The lowest BCUT2D eigenvalue weighted by Crippen LogP contribution is -2.11. The minimum atomic E-state index is -0.306. The molecule has 0 bridgehead atoms. The molecule has 0 saturated carbocycles. The van der Waals surface area contributed by atoms with Crippen molar-refractivity contribution in [2.24, 2.45) is 0 Å². The Bertz CT molecular complexity index is 1110. The van der Waals surface area contributed by atoms with E-state index in [1.54, 1.807) is 18.2 Å². The van der Waals surface area contributed by atoms with Crippen LogP contribution >= 0.6 is 22.9 Å². The van der Waals surface area contributed by atoms with Crippen LogP contribution in [-0.4, -0.2) is 10.9 Å². The number of aromatic nitrogens is 1. The normalized spacial score (nSPS) is 11.3. The molecule has 126 valence electrons. The molecule has 1 N–H and O–H groups in total. The second-order valence-corrected chi connectivity index (χ2v) is 7.29. The largest absolute Gasteiger partial charge is 0.451 e. The fourth-order valence-corrected chi connectivity index (χ4v) is 3.90. The van der Waals surface area contributed by atoms with Gasteiger partial charge in [-0.15, -0.1) is 0 Å². The average Bonchev–Trinajstić information content (AvgIpc) is 3.14. The Balaban J connectivity index is 1.67. The van der Waals surface area contributed by atoms with Gasteiger partial charge in [-0.1, -0.05) is 35.9 Å². The second-order valence-electron chi connectivity index (χ2n) is 5.83. The highest BCUT2D eigenvalue weighted by atomic mass is 35.5. The molecule has 2 heterocycles. The zero-order valence-electron chi connectivity index (χ0n) is 13.7. The quantitative estimate of drug-likeness (QED) is 0.494. The number of hydrogen-bond donors (Lipinski definition) is 1. The third-order valence-corrected chi connectivity index (χ3v) is 5.35. The van der Waals surface area contributed by atoms with Gasteiger partial charge in [-0.05, 0) is 49.2 Å². The van der Waals surface area contributed by atoms with Crippen LogP contribution in [0.5, 0.6) is 0 Å². The number of carbonyl (C=O) groups excluding carboxylic acids is 1. The summed E-state index contributed by atoms with van der Waals surface area (Å²) in [7, 11) is 0. The fourth-order valence-electron chi connectivity index (χ4n) is 2.81. The number of fused-ring (bicyclic) bond motifs is 2. The molecular formula is C19H15ClN2O2S. The number of benzene rings is 2. The van der Waals surface area contributed by atoms with Crippen LogP contribution in [0.3, 0.4) is 0 Å². The molecule has 0 atom stereocenters. The van der Waals surface area contributed by atoms with Crippen molar-refractivity contribution in [1.82, 2.24) is 4.98 Å². The van der Waals surface area contributed by atoms with Crippen LogP contribution in [0.2, 0.25) is 5.02 Å². The van der Waals surface area contributed by atoms with E-state index >= 15 is 0 Å². The third kappa shape index (κ3) is 2.90. The number of anilines is 1. The number of rotatable bonds is 3. The molecule has 25 heavy (non-hydrogen) atoms. The van der Waals surface area contributed by atoms with Crippen LogP contribution < -0.4 is 5.32 Å². The minimum Gasteiger partial charge on any atom is -0.451 e. The van der Waals surface area contributed by atoms with Crippen LogP contribution in [0.4, 0.5) is 5.13 Å². The molecule has 1 amide bonds. The molecule has 4 rings (SSSR count). The molecule has 0 aliphatic heterocycles. The molecule has 0 aliphatic carbocycles. The van der Waals surface area contributed by atoms with Crippen LogP contribution in [-0.2, 0) is 6.42 Å². The van der Waals surface area contributed by atoms with E-state index in [-0.39, 0.29) is 11.7 Å². The molecule has 2 aromatic carbocycles. The molecular weight excluding hydrogens is 356 g/mol. The van der Waals surface area contributed by atoms with E-state index in [1.165, 1.54) is 16.9 Å². The number of carbonyl (C=O) groups is 1. The van der Waals surface area contributed by atoms with Crippen molar-refractivity contribution in [2.45, 2.75) is 20.3 Å². The molecule has 6 heteroatoms. The van der Waals surface area contributed by atoms with E-state index in [0.717, 1.165) is 27.6 Å². The van der Waals surface area contributed by atoms with Gasteiger partial charge < -0.3 is 4.42 Å². The van der Waals surface area contributed by atoms with Gasteiger partial charge in [-0.3, -0.25) is 10.1 Å². The maximum atomic E-state index is 12.6. The minimum absolute atomic E-state index is 0.283. The number of nitrogens with zero attached hydrogens (tertiary/aromatic N) is 1. The lowest BCUT2D eigenvalue weighted by atomic mass is 10.1. The summed E-state index contributed by atoms with van der Waals surface area (Å²) in [6, 6.07) is 11.5. The van der Waals surface area contributed by atoms with E-state index in [1.807, 2.05) is 13.0 Å². The summed E-state index contributed by atoms with van der Waals surface area (Å²) in [5, 5.41) is 4.86. The SMILES string of the molecule is CCc1ccc2nc(NC(=O)c3oc4ccc(Cl)cc4c3C)sc2c1. The first-order chi connectivity index (χ1) is 12.0. The van der Waals surface area contributed by atoms with Gasteiger partial charge in [0.1, 0.15) is 5.58 Å². The Morgan fingerprint density at radius 1 is 1.28 bits per heavy atom. The second kappa shape index (κ2) is 6.17. The Morgan fingerprint density at radius 2 is 2.12 bits per heavy atom. The average molecular weight is 371 g/mol. The number of furan rings is 1. The first-order valence-electron chi connectivity index (χ1n) is 7.94. The van der Waals surface area contributed by atoms with E-state index in [0.29, 0.717) is 15.7 Å². The van der Waals surface area contributed by atoms with Gasteiger partial charge in [0.25, 0.3) is 5.91 Å². The van der Waals surface area contributed by atoms with E-state index < -0.39 is 0 Å². The number of amides is 1. The number of aryl methyl sites for hydroxylation is 2. The van der Waals surface area contributed by atoms with Crippen molar-refractivity contribution < 1.29 is 9.21 Å². The summed E-state index contributed by atoms with van der Waals surface area (Å²) in [6.07, 6.45) is 0.969. The van der Waals surface area contributed by atoms with Gasteiger partial charge in [0.2, 0.25) is 0 Å². The zero-order chi connectivity index (χ0) is 17.6. The number of thiazole rings is 1. The molecule has 4 nitrogen and oxygen atoms in total. The van der Waals surface area contributed by atoms with Crippen LogP contribution in [0.1, 0.15) is 28.6 Å². The Labute approximate surface area is 153 Å². The molecule has 0 saturated heterocycles. The molecule has 4 aromatic rings. The van der Waals surface area contributed by atoms with Gasteiger partial charge in [0.15, 0.2) is 10.9 Å². The standard InChI is InChI=1S/C19H15ClN2O2S/c1-3-11-4-6-14-16(8-11)25-19(21-14)22-18(23)17-10(2)13-9-12(20)5-7-15(13)24-17/h4-9H,3H2,1-2H3,(H,21,22,23). The van der Waals surface area contributed by atoms with Crippen LogP contribution in [0, 0.1) is 6.92 Å². The van der Waals surface area contributed by atoms with Gasteiger partial charge >= 0.3 is 0 Å². The maximum absolute atomic E-state index is 12.6. The predicted octanol–water partition coefficient (Wildman–Crippen LogP) is 5.82. The zero-order valence-corrected chi connectivity index (χ0v) is 15.3. The van der Waals surface area contributed by atoms with Crippen molar-refractivity contribution >= 4 is 55.2 Å². The van der Waals surface area contributed by atoms with E-state index in [9.17, 15) is 4.79 Å². The summed E-state index contributed by atoms with van der Waals surface area (Å²) >= 11 is 7.49. The number of halogens is 1. The van der Waals surface area contributed by atoms with Crippen molar-refractivity contribution in [2.75, 3.05) is 5.32 Å². The Morgan fingerprint density at radius 3 is 2.92 bits per heavy atom. The first-order valence-corrected chi connectivity index (χ1v) is 9.14. The highest BCUT2D eigenvalue weighted by Gasteiger charge is 2.19. The lowest BCUT2D eigenvalue weighted by Gasteiger charge is -1.98. The molecule has 0 radical (unpaired) electrons. The van der Waals surface area contributed by atoms with E-state index in [4.69, 9.17) is 16.0 Å². The summed E-state index contributed by atoms with van der Waals surface area (Å²) in [5.74, 6) is -0.0228. The highest BCUT2D eigenvalue weighted by molar-refractivity contribution is 7.22. The molecule has 0 fully saturated rings. The van der Waals surface area contributed by atoms with Gasteiger partial charge in [-0.25, -0.2) is 4.98 Å². The molecule has 0 unspecified atom stereocenters. The van der Waals surface area contributed by atoms with Gasteiger partial charge in [0, 0.05) is 16.0 Å². The Hall–Kier alpha value is -2.37. The summed E-state index contributed by atoms with van der Waals surface area (Å²) in [5.41, 5.74) is 3.54.